The number of nitriles is 3. The molecule has 0 aliphatic heterocycles. The number of hydrogen-bond acceptors (Lipinski definition) is 6. The summed E-state index contributed by atoms with van der Waals surface area (Å²) in [6.07, 6.45) is 0. The van der Waals surface area contributed by atoms with Gasteiger partial charge in [-0.05, 0) is 18.6 Å². The number of carbonyl (C=O) groups is 2. The molecular formula is C20H10N4O2. The summed E-state index contributed by atoms with van der Waals surface area (Å²) in [5.41, 5.74) is 1.13. The highest BCUT2D eigenvalue weighted by atomic mass is 16.1. The standard InChI is InChI=1S/C20H10N4O2/c1-11-6-7-15-17(18(11)24-16(10-23)12(8-21)9-22)20(26)14-5-3-2-4-13(14)19(15)25/h2-7,24H,1H3. The number of carbonyl (C=O) groups excluding carboxylic acids is 2. The molecule has 0 aromatic heterocycles. The van der Waals surface area contributed by atoms with Gasteiger partial charge in [0.25, 0.3) is 0 Å². The summed E-state index contributed by atoms with van der Waals surface area (Å²) >= 11 is 0. The lowest BCUT2D eigenvalue weighted by Crippen LogP contribution is -2.23. The Balaban J connectivity index is 2.26. The Morgan fingerprint density at radius 1 is 0.846 bits per heavy atom. The van der Waals surface area contributed by atoms with E-state index in [-0.39, 0.29) is 39.6 Å². The van der Waals surface area contributed by atoms with Crippen molar-refractivity contribution >= 4 is 17.3 Å². The molecule has 0 saturated carbocycles. The highest BCUT2D eigenvalue weighted by Gasteiger charge is 2.32. The molecule has 0 bridgehead atoms. The summed E-state index contributed by atoms with van der Waals surface area (Å²) in [7, 11) is 0. The molecule has 0 atom stereocenters. The number of hydrogen-bond donors (Lipinski definition) is 1. The molecule has 0 amide bonds. The van der Waals surface area contributed by atoms with E-state index < -0.39 is 5.57 Å². The first-order valence-corrected chi connectivity index (χ1v) is 7.57. The number of allylic oxidation sites excluding steroid dienone is 2. The minimum absolute atomic E-state index is 0.136. The van der Waals surface area contributed by atoms with Gasteiger partial charge in [0.1, 0.15) is 23.9 Å². The first-order chi connectivity index (χ1) is 12.5. The van der Waals surface area contributed by atoms with E-state index in [4.69, 9.17) is 10.5 Å². The van der Waals surface area contributed by atoms with E-state index in [9.17, 15) is 14.9 Å². The second kappa shape index (κ2) is 6.36. The maximum atomic E-state index is 13.0. The number of nitrogens with one attached hydrogen (secondary N) is 1. The lowest BCUT2D eigenvalue weighted by Gasteiger charge is -2.22. The Labute approximate surface area is 149 Å². The Bertz CT molecular complexity index is 1120. The predicted molar refractivity (Wildman–Crippen MR) is 92.0 cm³/mol. The first-order valence-electron chi connectivity index (χ1n) is 7.57. The number of nitrogens with zero attached hydrogens (tertiary/aromatic N) is 3. The van der Waals surface area contributed by atoms with Gasteiger partial charge in [-0.3, -0.25) is 9.59 Å². The van der Waals surface area contributed by atoms with E-state index in [0.29, 0.717) is 11.1 Å². The molecule has 26 heavy (non-hydrogen) atoms. The summed E-state index contributed by atoms with van der Waals surface area (Å²) in [5, 5.41) is 30.0. The third kappa shape index (κ3) is 2.41. The smallest absolute Gasteiger partial charge is 0.196 e. The van der Waals surface area contributed by atoms with Gasteiger partial charge in [0.2, 0.25) is 0 Å². The molecule has 6 heteroatoms. The summed E-state index contributed by atoms with van der Waals surface area (Å²) in [6, 6.07) is 14.8. The quantitative estimate of drug-likeness (QED) is 0.718. The molecule has 0 unspecified atom stereocenters. The van der Waals surface area contributed by atoms with Crippen molar-refractivity contribution in [1.82, 2.24) is 0 Å². The molecule has 1 N–H and O–H groups in total. The zero-order valence-electron chi connectivity index (χ0n) is 13.6. The molecule has 1 aliphatic carbocycles. The molecule has 122 valence electrons. The van der Waals surface area contributed by atoms with Crippen LogP contribution in [0.3, 0.4) is 0 Å². The normalized spacial score (nSPS) is 11.3. The molecule has 0 saturated heterocycles. The fourth-order valence-electron chi connectivity index (χ4n) is 2.86. The Kier molecular flexibility index (Phi) is 4.07. The van der Waals surface area contributed by atoms with Crippen molar-refractivity contribution in [3.05, 3.63) is 75.5 Å². The van der Waals surface area contributed by atoms with E-state index in [1.165, 1.54) is 0 Å². The molecule has 2 aromatic rings. The van der Waals surface area contributed by atoms with Crippen LogP contribution in [0.5, 0.6) is 0 Å². The molecule has 1 aliphatic rings. The van der Waals surface area contributed by atoms with Crippen LogP contribution in [-0.2, 0) is 0 Å². The third-order valence-corrected chi connectivity index (χ3v) is 4.14. The maximum Gasteiger partial charge on any atom is 0.196 e. The molecule has 3 rings (SSSR count). The number of aryl methyl sites for hydroxylation is 1. The van der Waals surface area contributed by atoms with Gasteiger partial charge in [-0.1, -0.05) is 30.3 Å². The van der Waals surface area contributed by atoms with Gasteiger partial charge in [0.05, 0.1) is 11.3 Å². The van der Waals surface area contributed by atoms with Crippen LogP contribution in [0.1, 0.15) is 37.4 Å². The summed E-state index contributed by atoms with van der Waals surface area (Å²) < 4.78 is 0. The largest absolute Gasteiger partial charge is 0.344 e. The van der Waals surface area contributed by atoms with Crippen molar-refractivity contribution < 1.29 is 9.59 Å². The van der Waals surface area contributed by atoms with Crippen LogP contribution in [0.15, 0.2) is 47.7 Å². The number of benzene rings is 2. The second-order valence-electron chi connectivity index (χ2n) is 5.59. The minimum Gasteiger partial charge on any atom is -0.344 e. The van der Waals surface area contributed by atoms with Gasteiger partial charge in [0.15, 0.2) is 17.1 Å². The molecule has 0 spiro atoms. The van der Waals surface area contributed by atoms with E-state index in [2.05, 4.69) is 5.32 Å². The second-order valence-corrected chi connectivity index (χ2v) is 5.59. The van der Waals surface area contributed by atoms with Gasteiger partial charge < -0.3 is 5.32 Å². The molecule has 6 nitrogen and oxygen atoms in total. The topological polar surface area (TPSA) is 118 Å². The third-order valence-electron chi connectivity index (χ3n) is 4.14. The summed E-state index contributed by atoms with van der Waals surface area (Å²) in [5.74, 6) is -0.643. The summed E-state index contributed by atoms with van der Waals surface area (Å²) in [6.45, 7) is 1.70. The average molecular weight is 338 g/mol. The average Bonchev–Trinajstić information content (AvgIpc) is 2.67. The Morgan fingerprint density at radius 2 is 1.46 bits per heavy atom. The Morgan fingerprint density at radius 3 is 2.04 bits per heavy atom. The van der Waals surface area contributed by atoms with Gasteiger partial charge >= 0.3 is 0 Å². The number of fused-ring (bicyclic) bond motifs is 2. The Hall–Kier alpha value is -4.21. The molecule has 0 radical (unpaired) electrons. The fraction of sp³-hybridized carbons (Fsp3) is 0.0500. The molecule has 2 aromatic carbocycles. The van der Waals surface area contributed by atoms with Crippen LogP contribution < -0.4 is 5.32 Å². The van der Waals surface area contributed by atoms with Crippen molar-refractivity contribution in [3.63, 3.8) is 0 Å². The predicted octanol–water partition coefficient (Wildman–Crippen LogP) is 3.01. The van der Waals surface area contributed by atoms with Crippen LogP contribution in [0.2, 0.25) is 0 Å². The number of anilines is 1. The van der Waals surface area contributed by atoms with Crippen molar-refractivity contribution in [1.29, 1.82) is 15.8 Å². The zero-order chi connectivity index (χ0) is 18.8. The van der Waals surface area contributed by atoms with E-state index in [0.717, 1.165) is 0 Å². The van der Waals surface area contributed by atoms with Crippen LogP contribution >= 0.6 is 0 Å². The highest BCUT2D eigenvalue weighted by Crippen LogP contribution is 2.34. The molecule has 0 fully saturated rings. The van der Waals surface area contributed by atoms with Crippen molar-refractivity contribution in [2.45, 2.75) is 6.92 Å². The van der Waals surface area contributed by atoms with Gasteiger partial charge in [-0.15, -0.1) is 0 Å². The molecule has 0 heterocycles. The summed E-state index contributed by atoms with van der Waals surface area (Å²) in [4.78, 5) is 25.7. The highest BCUT2D eigenvalue weighted by molar-refractivity contribution is 6.30. The lowest BCUT2D eigenvalue weighted by atomic mass is 9.82. The van der Waals surface area contributed by atoms with Crippen LogP contribution in [0, 0.1) is 40.9 Å². The van der Waals surface area contributed by atoms with E-state index >= 15 is 0 Å². The van der Waals surface area contributed by atoms with Crippen molar-refractivity contribution in [3.8, 4) is 18.2 Å². The monoisotopic (exact) mass is 338 g/mol. The van der Waals surface area contributed by atoms with Crippen LogP contribution in [0.25, 0.3) is 0 Å². The fourth-order valence-corrected chi connectivity index (χ4v) is 2.86. The number of rotatable bonds is 2. The van der Waals surface area contributed by atoms with E-state index in [1.54, 1.807) is 61.5 Å². The SMILES string of the molecule is Cc1ccc2c(c1NC(C#N)=C(C#N)C#N)C(=O)c1ccccc1C2=O. The van der Waals surface area contributed by atoms with Crippen LogP contribution in [0.4, 0.5) is 5.69 Å². The van der Waals surface area contributed by atoms with Gasteiger partial charge in [-0.2, -0.15) is 15.8 Å². The van der Waals surface area contributed by atoms with Gasteiger partial charge in [0, 0.05) is 16.7 Å². The van der Waals surface area contributed by atoms with Gasteiger partial charge in [-0.25, -0.2) is 0 Å². The zero-order valence-corrected chi connectivity index (χ0v) is 13.6. The lowest BCUT2D eigenvalue weighted by molar-refractivity contribution is 0.0979. The van der Waals surface area contributed by atoms with Crippen molar-refractivity contribution in [2.75, 3.05) is 5.32 Å². The first kappa shape index (κ1) is 16.6. The van der Waals surface area contributed by atoms with Crippen LogP contribution in [-0.4, -0.2) is 11.6 Å². The van der Waals surface area contributed by atoms with E-state index in [1.807, 2.05) is 0 Å². The van der Waals surface area contributed by atoms with Crippen molar-refractivity contribution in [2.24, 2.45) is 0 Å². The molecular weight excluding hydrogens is 328 g/mol. The minimum atomic E-state index is -0.403. The maximum absolute atomic E-state index is 13.0. The number of ketones is 2.